The van der Waals surface area contributed by atoms with Gasteiger partial charge >= 0.3 is 0 Å². The minimum atomic E-state index is -0.0671. The van der Waals surface area contributed by atoms with Crippen LogP contribution in [0.2, 0.25) is 0 Å². The van der Waals surface area contributed by atoms with Crippen LogP contribution in [0, 0.1) is 0 Å². The molecule has 2 aromatic heterocycles. The molecule has 40 heavy (non-hydrogen) atoms. The fraction of sp³-hybridized carbons (Fsp3) is 0.387. The Morgan fingerprint density at radius 2 is 1.90 bits per heavy atom. The first kappa shape index (κ1) is 25.2. The molecule has 0 radical (unpaired) electrons. The lowest BCUT2D eigenvalue weighted by molar-refractivity contribution is 0.0831. The molecule has 5 heterocycles. The molecular weight excluding hydrogens is 504 g/mol. The highest BCUT2D eigenvalue weighted by Crippen LogP contribution is 2.39. The lowest BCUT2D eigenvalue weighted by atomic mass is 9.90. The number of carbonyl (C=O) groups is 1. The first-order valence-corrected chi connectivity index (χ1v) is 14.1. The van der Waals surface area contributed by atoms with E-state index in [2.05, 4.69) is 52.4 Å². The van der Waals surface area contributed by atoms with Gasteiger partial charge in [0.05, 0.1) is 34.6 Å². The molecular formula is C31H34N6O3. The van der Waals surface area contributed by atoms with E-state index < -0.39 is 0 Å². The normalized spacial score (nSPS) is 17.2. The second-order valence-corrected chi connectivity index (χ2v) is 11.1. The van der Waals surface area contributed by atoms with Gasteiger partial charge in [-0.3, -0.25) is 4.79 Å². The Balaban J connectivity index is 1.27. The molecule has 4 aromatic rings. The number of fused-ring (bicyclic) bond motifs is 4. The topological polar surface area (TPSA) is 93.5 Å². The van der Waals surface area contributed by atoms with Gasteiger partial charge in [0.2, 0.25) is 0 Å². The van der Waals surface area contributed by atoms with Gasteiger partial charge in [0.15, 0.2) is 0 Å². The Bertz CT molecular complexity index is 1600. The molecule has 3 aliphatic rings. The van der Waals surface area contributed by atoms with Crippen LogP contribution in [0.5, 0.6) is 0 Å². The van der Waals surface area contributed by atoms with Crippen LogP contribution < -0.4 is 10.6 Å². The Morgan fingerprint density at radius 1 is 1.02 bits per heavy atom. The Labute approximate surface area is 233 Å². The van der Waals surface area contributed by atoms with Crippen molar-refractivity contribution >= 4 is 28.4 Å². The van der Waals surface area contributed by atoms with Gasteiger partial charge in [0.1, 0.15) is 18.2 Å². The molecule has 0 atom stereocenters. The summed E-state index contributed by atoms with van der Waals surface area (Å²) in [6, 6.07) is 14.6. The van der Waals surface area contributed by atoms with Crippen LogP contribution in [0.15, 0.2) is 42.5 Å². The van der Waals surface area contributed by atoms with E-state index in [-0.39, 0.29) is 5.91 Å². The number of pyridine rings is 1. The highest BCUT2D eigenvalue weighted by Gasteiger charge is 2.28. The Hall–Kier alpha value is -3.79. The maximum absolute atomic E-state index is 13.2. The third-order valence-electron chi connectivity index (χ3n) is 8.19. The van der Waals surface area contributed by atoms with Crippen LogP contribution in [0.1, 0.15) is 51.8 Å². The monoisotopic (exact) mass is 538 g/mol. The number of anilines is 2. The van der Waals surface area contributed by atoms with Gasteiger partial charge in [-0.25, -0.2) is 9.97 Å². The maximum atomic E-state index is 13.2. The summed E-state index contributed by atoms with van der Waals surface area (Å²) in [6.45, 7) is 4.79. The van der Waals surface area contributed by atoms with E-state index in [4.69, 9.17) is 19.4 Å². The van der Waals surface area contributed by atoms with Crippen molar-refractivity contribution in [1.29, 1.82) is 0 Å². The van der Waals surface area contributed by atoms with Crippen LogP contribution in [0.4, 0.5) is 11.5 Å². The summed E-state index contributed by atoms with van der Waals surface area (Å²) >= 11 is 0. The van der Waals surface area contributed by atoms with Gasteiger partial charge in [-0.15, -0.1) is 0 Å². The quantitative estimate of drug-likeness (QED) is 0.371. The molecule has 7 rings (SSSR count). The minimum absolute atomic E-state index is 0.0671. The van der Waals surface area contributed by atoms with E-state index >= 15 is 0 Å². The van der Waals surface area contributed by atoms with Crippen molar-refractivity contribution in [2.45, 2.75) is 45.0 Å². The van der Waals surface area contributed by atoms with Gasteiger partial charge in [0, 0.05) is 38.4 Å². The fourth-order valence-corrected chi connectivity index (χ4v) is 6.35. The molecule has 1 amide bonds. The zero-order valence-electron chi connectivity index (χ0n) is 23.0. The molecule has 3 aliphatic heterocycles. The SMILES string of the molecule is CN(C)Cc1nc(Nc2ccc(-c3cccc4nc5n(c34)CCOC5)c3c2C(=O)NC3)ccc1C1CCOCC1. The van der Waals surface area contributed by atoms with Crippen molar-refractivity contribution in [1.82, 2.24) is 24.8 Å². The number of benzene rings is 2. The van der Waals surface area contributed by atoms with E-state index in [9.17, 15) is 4.79 Å². The average Bonchev–Trinajstić information content (AvgIpc) is 3.55. The van der Waals surface area contributed by atoms with Crippen LogP contribution in [0.3, 0.4) is 0 Å². The number of nitrogens with one attached hydrogen (secondary N) is 2. The summed E-state index contributed by atoms with van der Waals surface area (Å²) < 4.78 is 13.5. The zero-order chi connectivity index (χ0) is 27.2. The smallest absolute Gasteiger partial charge is 0.254 e. The highest BCUT2D eigenvalue weighted by atomic mass is 16.5. The molecule has 0 saturated carbocycles. The molecule has 2 aromatic carbocycles. The Kier molecular flexibility index (Phi) is 6.50. The van der Waals surface area contributed by atoms with E-state index in [1.54, 1.807) is 0 Å². The van der Waals surface area contributed by atoms with Crippen LogP contribution in [0.25, 0.3) is 22.2 Å². The second kappa shape index (κ2) is 10.3. The van der Waals surface area contributed by atoms with Crippen molar-refractivity contribution in [2.75, 3.05) is 39.2 Å². The molecule has 0 unspecified atom stereocenters. The van der Waals surface area contributed by atoms with Crippen molar-refractivity contribution in [3.63, 3.8) is 0 Å². The predicted octanol–water partition coefficient (Wildman–Crippen LogP) is 4.57. The van der Waals surface area contributed by atoms with Crippen LogP contribution >= 0.6 is 0 Å². The minimum Gasteiger partial charge on any atom is -0.381 e. The number of hydrogen-bond acceptors (Lipinski definition) is 7. The van der Waals surface area contributed by atoms with Crippen LogP contribution in [-0.2, 0) is 35.7 Å². The number of nitrogens with zero attached hydrogens (tertiary/aromatic N) is 4. The molecule has 2 N–H and O–H groups in total. The first-order chi connectivity index (χ1) is 19.6. The largest absolute Gasteiger partial charge is 0.381 e. The third-order valence-corrected chi connectivity index (χ3v) is 8.19. The number of carbonyl (C=O) groups excluding carboxylic acids is 1. The number of imidazole rings is 1. The standard InChI is InChI=1S/C31H34N6O3/c1-36(2)17-26-20(19-10-13-39-14-11-19)7-9-27(34-26)33-24-8-6-21(23-16-32-31(38)29(23)24)22-4-3-5-25-30(22)37-12-15-40-18-28(37)35-25/h3-9,19H,10-18H2,1-2H3,(H,32,38)(H,33,34). The lowest BCUT2D eigenvalue weighted by Gasteiger charge is -2.25. The van der Waals surface area contributed by atoms with E-state index in [0.717, 1.165) is 89.9 Å². The molecule has 1 fully saturated rings. The molecule has 9 nitrogen and oxygen atoms in total. The molecule has 0 aliphatic carbocycles. The second-order valence-electron chi connectivity index (χ2n) is 11.1. The molecule has 206 valence electrons. The van der Waals surface area contributed by atoms with Crippen molar-refractivity contribution < 1.29 is 14.3 Å². The number of amides is 1. The van der Waals surface area contributed by atoms with E-state index in [0.29, 0.717) is 31.2 Å². The van der Waals surface area contributed by atoms with Gasteiger partial charge in [-0.1, -0.05) is 24.3 Å². The number of aromatic nitrogens is 3. The van der Waals surface area contributed by atoms with E-state index in [1.165, 1.54) is 5.56 Å². The molecule has 0 spiro atoms. The van der Waals surface area contributed by atoms with Gasteiger partial charge in [-0.05, 0) is 67.7 Å². The van der Waals surface area contributed by atoms with Gasteiger partial charge in [-0.2, -0.15) is 0 Å². The average molecular weight is 539 g/mol. The molecule has 9 heteroatoms. The van der Waals surface area contributed by atoms with Crippen molar-refractivity contribution in [2.24, 2.45) is 0 Å². The van der Waals surface area contributed by atoms with E-state index in [1.807, 2.05) is 24.3 Å². The van der Waals surface area contributed by atoms with Crippen molar-refractivity contribution in [3.8, 4) is 11.1 Å². The molecule has 0 bridgehead atoms. The fourth-order valence-electron chi connectivity index (χ4n) is 6.35. The maximum Gasteiger partial charge on any atom is 0.254 e. The first-order valence-electron chi connectivity index (χ1n) is 14.1. The van der Waals surface area contributed by atoms with Gasteiger partial charge < -0.3 is 29.6 Å². The summed E-state index contributed by atoms with van der Waals surface area (Å²) in [5.41, 5.74) is 9.00. The molecule has 1 saturated heterocycles. The number of para-hydroxylation sites is 1. The predicted molar refractivity (Wildman–Crippen MR) is 154 cm³/mol. The number of hydrogen-bond donors (Lipinski definition) is 2. The summed E-state index contributed by atoms with van der Waals surface area (Å²) in [6.07, 6.45) is 2.04. The third kappa shape index (κ3) is 4.44. The van der Waals surface area contributed by atoms with Gasteiger partial charge in [0.25, 0.3) is 5.91 Å². The summed E-state index contributed by atoms with van der Waals surface area (Å²) in [5, 5.41) is 6.54. The van der Waals surface area contributed by atoms with Crippen LogP contribution in [-0.4, -0.2) is 59.3 Å². The van der Waals surface area contributed by atoms with Crippen molar-refractivity contribution in [3.05, 3.63) is 70.7 Å². The number of rotatable bonds is 6. The summed E-state index contributed by atoms with van der Waals surface area (Å²) in [4.78, 5) is 25.2. The summed E-state index contributed by atoms with van der Waals surface area (Å²) in [5.74, 6) is 2.08. The highest BCUT2D eigenvalue weighted by molar-refractivity contribution is 6.07. The zero-order valence-corrected chi connectivity index (χ0v) is 23.0. The Morgan fingerprint density at radius 3 is 2.75 bits per heavy atom. The number of ether oxygens (including phenoxy) is 2. The summed E-state index contributed by atoms with van der Waals surface area (Å²) in [7, 11) is 4.13. The lowest BCUT2D eigenvalue weighted by Crippen LogP contribution is -2.19.